The number of hydrogen-bond acceptors (Lipinski definition) is 3. The Balaban J connectivity index is 2.10. The van der Waals surface area contributed by atoms with Gasteiger partial charge >= 0.3 is 0 Å². The van der Waals surface area contributed by atoms with Crippen molar-refractivity contribution in [3.63, 3.8) is 0 Å². The average molecular weight is 399 g/mol. The highest BCUT2D eigenvalue weighted by Crippen LogP contribution is 2.19. The van der Waals surface area contributed by atoms with Crippen molar-refractivity contribution in [1.29, 1.82) is 0 Å². The lowest BCUT2D eigenvalue weighted by Gasteiger charge is -2.31. The van der Waals surface area contributed by atoms with Crippen molar-refractivity contribution in [2.75, 3.05) is 12.3 Å². The molecule has 2 aromatic carbocycles. The van der Waals surface area contributed by atoms with E-state index < -0.39 is 6.04 Å². The summed E-state index contributed by atoms with van der Waals surface area (Å²) in [7, 11) is 0. The summed E-state index contributed by atoms with van der Waals surface area (Å²) in [5, 5.41) is 2.96. The third-order valence-corrected chi connectivity index (χ3v) is 5.40. The molecule has 28 heavy (non-hydrogen) atoms. The summed E-state index contributed by atoms with van der Waals surface area (Å²) in [4.78, 5) is 28.6. The molecule has 0 aliphatic rings. The van der Waals surface area contributed by atoms with Gasteiger partial charge in [-0.25, -0.2) is 0 Å². The highest BCUT2D eigenvalue weighted by atomic mass is 32.2. The normalized spacial score (nSPS) is 11.9. The lowest BCUT2D eigenvalue weighted by Crippen LogP contribution is -2.51. The minimum Gasteiger partial charge on any atom is -0.352 e. The summed E-state index contributed by atoms with van der Waals surface area (Å²) in [5.41, 5.74) is 1.16. The summed E-state index contributed by atoms with van der Waals surface area (Å²) in [6, 6.07) is 19.6. The Morgan fingerprint density at radius 2 is 1.61 bits per heavy atom. The molecule has 0 aliphatic heterocycles. The molecule has 0 saturated heterocycles. The predicted molar refractivity (Wildman–Crippen MR) is 116 cm³/mol. The predicted octanol–water partition coefficient (Wildman–Crippen LogP) is 4.15. The van der Waals surface area contributed by atoms with Crippen molar-refractivity contribution in [3.05, 3.63) is 66.2 Å². The maximum atomic E-state index is 13.1. The molecule has 0 bridgehead atoms. The van der Waals surface area contributed by atoms with Crippen LogP contribution in [0.25, 0.3) is 0 Å². The number of carbonyl (C=O) groups excluding carboxylic acids is 2. The lowest BCUT2D eigenvalue weighted by atomic mass is 10.1. The fourth-order valence-electron chi connectivity index (χ4n) is 3.02. The zero-order valence-corrected chi connectivity index (χ0v) is 17.7. The minimum absolute atomic E-state index is 0.00413. The smallest absolute Gasteiger partial charge is 0.242 e. The van der Waals surface area contributed by atoms with E-state index in [-0.39, 0.29) is 17.9 Å². The van der Waals surface area contributed by atoms with Gasteiger partial charge < -0.3 is 10.2 Å². The standard InChI is InChI=1S/C23H30N2O2S/c1-4-21(23(27)24-18(2)3)25(16-15-19-11-7-5-8-12-19)22(26)17-28-20-13-9-6-10-14-20/h5-14,18,21H,4,15-17H2,1-3H3,(H,24,27)/t21-/m0/s1. The third-order valence-electron chi connectivity index (χ3n) is 4.41. The Bertz CT molecular complexity index is 735. The molecule has 2 rings (SSSR count). The van der Waals surface area contributed by atoms with Crippen molar-refractivity contribution < 1.29 is 9.59 Å². The molecule has 0 spiro atoms. The van der Waals surface area contributed by atoms with E-state index in [9.17, 15) is 9.59 Å². The van der Waals surface area contributed by atoms with E-state index in [4.69, 9.17) is 0 Å². The van der Waals surface area contributed by atoms with Crippen LogP contribution in [0.4, 0.5) is 0 Å². The zero-order valence-electron chi connectivity index (χ0n) is 16.9. The number of nitrogens with zero attached hydrogens (tertiary/aromatic N) is 1. The van der Waals surface area contributed by atoms with Gasteiger partial charge in [0.15, 0.2) is 0 Å². The SMILES string of the molecule is CC[C@@H](C(=O)NC(C)C)N(CCc1ccccc1)C(=O)CSc1ccccc1. The fraction of sp³-hybridized carbons (Fsp3) is 0.391. The first-order valence-corrected chi connectivity index (χ1v) is 10.8. The van der Waals surface area contributed by atoms with Crippen molar-refractivity contribution in [3.8, 4) is 0 Å². The quantitative estimate of drug-likeness (QED) is 0.612. The van der Waals surface area contributed by atoms with Crippen LogP contribution in [0.3, 0.4) is 0 Å². The molecule has 0 aliphatic carbocycles. The van der Waals surface area contributed by atoms with Gasteiger partial charge in [-0.1, -0.05) is 55.5 Å². The van der Waals surface area contributed by atoms with E-state index in [2.05, 4.69) is 17.4 Å². The Morgan fingerprint density at radius 1 is 1.00 bits per heavy atom. The minimum atomic E-state index is -0.449. The molecule has 0 radical (unpaired) electrons. The van der Waals surface area contributed by atoms with Crippen LogP contribution in [-0.4, -0.2) is 41.1 Å². The zero-order chi connectivity index (χ0) is 20.4. The second kappa shape index (κ2) is 11.5. The molecule has 4 nitrogen and oxygen atoms in total. The van der Waals surface area contributed by atoms with Crippen molar-refractivity contribution >= 4 is 23.6 Å². The van der Waals surface area contributed by atoms with Crippen LogP contribution in [0.2, 0.25) is 0 Å². The van der Waals surface area contributed by atoms with Crippen molar-refractivity contribution in [1.82, 2.24) is 10.2 Å². The summed E-state index contributed by atoms with van der Waals surface area (Å²) >= 11 is 1.51. The number of rotatable bonds is 10. The van der Waals surface area contributed by atoms with E-state index in [0.29, 0.717) is 18.7 Å². The van der Waals surface area contributed by atoms with Crippen LogP contribution in [-0.2, 0) is 16.0 Å². The molecular formula is C23H30N2O2S. The Morgan fingerprint density at radius 3 is 2.18 bits per heavy atom. The number of nitrogens with one attached hydrogen (secondary N) is 1. The van der Waals surface area contributed by atoms with Crippen LogP contribution in [0.1, 0.15) is 32.8 Å². The second-order valence-electron chi connectivity index (χ2n) is 7.01. The first-order valence-electron chi connectivity index (χ1n) is 9.82. The van der Waals surface area contributed by atoms with E-state index in [1.165, 1.54) is 11.8 Å². The largest absolute Gasteiger partial charge is 0.352 e. The molecule has 0 heterocycles. The summed E-state index contributed by atoms with van der Waals surface area (Å²) in [6.07, 6.45) is 1.32. The average Bonchev–Trinajstić information content (AvgIpc) is 2.70. The second-order valence-corrected chi connectivity index (χ2v) is 8.06. The van der Waals surface area contributed by atoms with Gasteiger partial charge in [0.25, 0.3) is 0 Å². The highest BCUT2D eigenvalue weighted by Gasteiger charge is 2.28. The van der Waals surface area contributed by atoms with Gasteiger partial charge in [-0.15, -0.1) is 11.8 Å². The number of benzene rings is 2. The van der Waals surface area contributed by atoms with Crippen molar-refractivity contribution in [2.24, 2.45) is 0 Å². The van der Waals surface area contributed by atoms with Crippen LogP contribution in [0.5, 0.6) is 0 Å². The molecule has 1 atom stereocenters. The molecule has 2 amide bonds. The number of amides is 2. The fourth-order valence-corrected chi connectivity index (χ4v) is 3.83. The van der Waals surface area contributed by atoms with Gasteiger partial charge in [-0.3, -0.25) is 9.59 Å². The van der Waals surface area contributed by atoms with Gasteiger partial charge in [0.05, 0.1) is 5.75 Å². The maximum absolute atomic E-state index is 13.1. The van der Waals surface area contributed by atoms with Gasteiger partial charge in [0, 0.05) is 17.5 Å². The van der Waals surface area contributed by atoms with Crippen molar-refractivity contribution in [2.45, 2.75) is 50.6 Å². The lowest BCUT2D eigenvalue weighted by molar-refractivity contribution is -0.139. The monoisotopic (exact) mass is 398 g/mol. The maximum Gasteiger partial charge on any atom is 0.242 e. The van der Waals surface area contributed by atoms with Crippen LogP contribution < -0.4 is 5.32 Å². The number of carbonyl (C=O) groups is 2. The Hall–Kier alpha value is -2.27. The number of thioether (sulfide) groups is 1. The van der Waals surface area contributed by atoms with Crippen LogP contribution >= 0.6 is 11.8 Å². The summed E-state index contributed by atoms with van der Waals surface area (Å²) in [6.45, 7) is 6.36. The molecule has 150 valence electrons. The first kappa shape index (κ1) is 22.0. The van der Waals surface area contributed by atoms with E-state index >= 15 is 0 Å². The third kappa shape index (κ3) is 7.04. The first-order chi connectivity index (χ1) is 13.5. The number of hydrogen-bond donors (Lipinski definition) is 1. The Kier molecular flexibility index (Phi) is 9.08. The van der Waals surface area contributed by atoms with E-state index in [0.717, 1.165) is 16.9 Å². The van der Waals surface area contributed by atoms with Gasteiger partial charge in [0.1, 0.15) is 6.04 Å². The highest BCUT2D eigenvalue weighted by molar-refractivity contribution is 8.00. The van der Waals surface area contributed by atoms with E-state index in [1.807, 2.05) is 69.3 Å². The van der Waals surface area contributed by atoms with E-state index in [1.54, 1.807) is 4.90 Å². The summed E-state index contributed by atoms with van der Waals surface area (Å²) < 4.78 is 0. The van der Waals surface area contributed by atoms with Gasteiger partial charge in [0.2, 0.25) is 11.8 Å². The molecule has 0 unspecified atom stereocenters. The summed E-state index contributed by atoms with van der Waals surface area (Å²) in [5.74, 6) is 0.240. The van der Waals surface area contributed by atoms with Crippen LogP contribution in [0.15, 0.2) is 65.6 Å². The molecule has 0 saturated carbocycles. The Labute approximate surface area is 172 Å². The molecule has 2 aromatic rings. The molecule has 5 heteroatoms. The van der Waals surface area contributed by atoms with Gasteiger partial charge in [-0.2, -0.15) is 0 Å². The molecular weight excluding hydrogens is 368 g/mol. The molecule has 1 N–H and O–H groups in total. The molecule has 0 fully saturated rings. The van der Waals surface area contributed by atoms with Gasteiger partial charge in [-0.05, 0) is 44.4 Å². The molecule has 0 aromatic heterocycles. The van der Waals surface area contributed by atoms with Crippen LogP contribution in [0, 0.1) is 0 Å². The topological polar surface area (TPSA) is 49.4 Å².